The molecule has 0 spiro atoms. The molecule has 0 bridgehead atoms. The number of hydrogen-bond acceptors (Lipinski definition) is 10. The zero-order valence-corrected chi connectivity index (χ0v) is 24.6. The van der Waals surface area contributed by atoms with Gasteiger partial charge in [0.2, 0.25) is 0 Å². The number of piperidine rings is 1. The van der Waals surface area contributed by atoms with Gasteiger partial charge in [0, 0.05) is 44.3 Å². The van der Waals surface area contributed by atoms with Crippen LogP contribution in [-0.2, 0) is 6.54 Å². The van der Waals surface area contributed by atoms with Crippen molar-refractivity contribution in [2.75, 3.05) is 42.9 Å². The summed E-state index contributed by atoms with van der Waals surface area (Å²) in [5, 5.41) is 11.1. The van der Waals surface area contributed by atoms with E-state index in [1.54, 1.807) is 18.3 Å². The molecule has 0 saturated carbocycles. The normalized spacial score (nSPS) is 21.1. The Hall–Kier alpha value is -3.45. The van der Waals surface area contributed by atoms with Crippen molar-refractivity contribution in [3.63, 3.8) is 0 Å². The van der Waals surface area contributed by atoms with Crippen LogP contribution in [-0.4, -0.2) is 87.2 Å². The first-order chi connectivity index (χ1) is 20.1. The molecule has 10 nitrogen and oxygen atoms in total. The highest BCUT2D eigenvalue weighted by atomic mass is 19.4. The van der Waals surface area contributed by atoms with Crippen LogP contribution in [0.1, 0.15) is 51.3 Å². The summed E-state index contributed by atoms with van der Waals surface area (Å²) in [6.45, 7) is 13.6. The summed E-state index contributed by atoms with van der Waals surface area (Å²) in [6.07, 6.45) is 0.191. The molecule has 2 aliphatic heterocycles. The number of ether oxygens (including phenoxy) is 1. The molecule has 2 saturated heterocycles. The van der Waals surface area contributed by atoms with Crippen molar-refractivity contribution < 1.29 is 22.3 Å². The maximum Gasteiger partial charge on any atom is 0.573 e. The second-order valence-corrected chi connectivity index (χ2v) is 11.1. The Morgan fingerprint density at radius 3 is 2.45 bits per heavy atom. The maximum atomic E-state index is 12.4. The molecule has 1 aromatic carbocycles. The summed E-state index contributed by atoms with van der Waals surface area (Å²) >= 11 is 0. The number of alkyl halides is 3. The molecular formula is C29H39F3N8O2. The van der Waals surface area contributed by atoms with Gasteiger partial charge in [0.15, 0.2) is 0 Å². The second kappa shape index (κ2) is 12.8. The van der Waals surface area contributed by atoms with Gasteiger partial charge in [-0.2, -0.15) is 0 Å². The van der Waals surface area contributed by atoms with Crippen molar-refractivity contribution in [2.45, 2.75) is 78.0 Å². The molecule has 42 heavy (non-hydrogen) atoms. The van der Waals surface area contributed by atoms with Crippen LogP contribution in [0, 0.1) is 6.92 Å². The summed E-state index contributed by atoms with van der Waals surface area (Å²) in [4.78, 5) is 17.0. The number of benzene rings is 1. The molecule has 3 aromatic rings. The highest BCUT2D eigenvalue weighted by Crippen LogP contribution is 2.31. The van der Waals surface area contributed by atoms with Crippen molar-refractivity contribution in [1.29, 1.82) is 0 Å². The number of likely N-dealkylation sites (tertiary alicyclic amines) is 1. The van der Waals surface area contributed by atoms with Crippen LogP contribution in [0.2, 0.25) is 0 Å². The van der Waals surface area contributed by atoms with Crippen LogP contribution in [0.15, 0.2) is 34.9 Å². The summed E-state index contributed by atoms with van der Waals surface area (Å²) in [7, 11) is 0. The first-order valence-electron chi connectivity index (χ1n) is 14.6. The highest BCUT2D eigenvalue weighted by Gasteiger charge is 2.37. The van der Waals surface area contributed by atoms with Gasteiger partial charge in [-0.3, -0.25) is 9.80 Å². The van der Waals surface area contributed by atoms with Gasteiger partial charge in [-0.1, -0.05) is 24.2 Å². The zero-order chi connectivity index (χ0) is 29.9. The molecule has 0 radical (unpaired) electrons. The summed E-state index contributed by atoms with van der Waals surface area (Å²) in [5.74, 6) is 1.04. The van der Waals surface area contributed by atoms with Crippen LogP contribution >= 0.6 is 0 Å². The number of aryl methyl sites for hydroxylation is 1. The third kappa shape index (κ3) is 7.12. The number of aromatic nitrogens is 4. The van der Waals surface area contributed by atoms with Crippen molar-refractivity contribution in [3.05, 3.63) is 41.7 Å². The quantitative estimate of drug-likeness (QED) is 0.363. The number of anilines is 2. The lowest BCUT2D eigenvalue weighted by atomic mass is 9.96. The van der Waals surface area contributed by atoms with E-state index in [1.165, 1.54) is 12.1 Å². The van der Waals surface area contributed by atoms with Gasteiger partial charge < -0.3 is 19.4 Å². The lowest BCUT2D eigenvalue weighted by Crippen LogP contribution is -2.61. The van der Waals surface area contributed by atoms with Crippen molar-refractivity contribution in [3.8, 4) is 17.3 Å². The molecular weight excluding hydrogens is 549 g/mol. The van der Waals surface area contributed by atoms with E-state index in [-0.39, 0.29) is 11.8 Å². The second-order valence-electron chi connectivity index (χ2n) is 11.1. The van der Waals surface area contributed by atoms with Crippen molar-refractivity contribution >= 4 is 11.8 Å². The van der Waals surface area contributed by atoms with Gasteiger partial charge in [0.1, 0.15) is 17.3 Å². The van der Waals surface area contributed by atoms with E-state index >= 15 is 0 Å². The summed E-state index contributed by atoms with van der Waals surface area (Å²) < 4.78 is 47.0. The van der Waals surface area contributed by atoms with E-state index in [1.807, 2.05) is 13.8 Å². The Bertz CT molecular complexity index is 1310. The fourth-order valence-electron chi connectivity index (χ4n) is 6.04. The van der Waals surface area contributed by atoms with Crippen LogP contribution < -0.4 is 15.0 Å². The van der Waals surface area contributed by atoms with E-state index in [4.69, 9.17) is 14.4 Å². The Morgan fingerprint density at radius 2 is 1.81 bits per heavy atom. The number of piperazine rings is 1. The van der Waals surface area contributed by atoms with E-state index in [2.05, 4.69) is 48.8 Å². The van der Waals surface area contributed by atoms with Crippen molar-refractivity contribution in [2.24, 2.45) is 0 Å². The molecule has 0 aliphatic carbocycles. The summed E-state index contributed by atoms with van der Waals surface area (Å²) in [6, 6.07) is 7.72. The average Bonchev–Trinajstić information content (AvgIpc) is 3.43. The fraction of sp³-hybridized carbons (Fsp3) is 0.586. The van der Waals surface area contributed by atoms with E-state index < -0.39 is 6.36 Å². The van der Waals surface area contributed by atoms with Gasteiger partial charge in [0.05, 0.1) is 11.9 Å². The first kappa shape index (κ1) is 30.0. The predicted octanol–water partition coefficient (Wildman–Crippen LogP) is 5.12. The zero-order valence-electron chi connectivity index (χ0n) is 24.6. The summed E-state index contributed by atoms with van der Waals surface area (Å²) in [5.41, 5.74) is 2.37. The minimum Gasteiger partial charge on any atom is -0.406 e. The van der Waals surface area contributed by atoms with Gasteiger partial charge in [-0.15, -0.1) is 18.3 Å². The SMILES string of the molecule is CCNc1nnc(-c2cnc(N3C[C@H](CC)N(C4CCN(Cc5ccc(OC(F)(F)F)cc5)CC4)C[C@H]3C)c(C)n2)o1. The number of nitrogens with one attached hydrogen (secondary N) is 1. The molecule has 2 fully saturated rings. The molecule has 2 atom stereocenters. The van der Waals surface area contributed by atoms with Gasteiger partial charge >= 0.3 is 12.4 Å². The molecule has 13 heteroatoms. The molecule has 1 N–H and O–H groups in total. The highest BCUT2D eigenvalue weighted by molar-refractivity contribution is 5.53. The monoisotopic (exact) mass is 588 g/mol. The number of hydrogen-bond donors (Lipinski definition) is 1. The van der Waals surface area contributed by atoms with Gasteiger partial charge in [0.25, 0.3) is 5.89 Å². The molecule has 2 aliphatic rings. The van der Waals surface area contributed by atoms with Crippen LogP contribution in [0.5, 0.6) is 5.75 Å². The molecule has 4 heterocycles. The van der Waals surface area contributed by atoms with Gasteiger partial charge in [-0.25, -0.2) is 9.97 Å². The van der Waals surface area contributed by atoms with E-state index in [9.17, 15) is 13.2 Å². The largest absolute Gasteiger partial charge is 0.573 e. The topological polar surface area (TPSA) is 95.7 Å². The molecule has 228 valence electrons. The molecule has 0 unspecified atom stereocenters. The lowest BCUT2D eigenvalue weighted by Gasteiger charge is -2.50. The number of halogens is 3. The first-order valence-corrected chi connectivity index (χ1v) is 14.6. The van der Waals surface area contributed by atoms with Crippen molar-refractivity contribution in [1.82, 2.24) is 30.0 Å². The standard InChI is InChI=1S/C29H39F3N8O2/c1-5-22-18-39(26-20(4)35-25(15-34-26)27-36-37-28(41-27)33-6-2)19(3)16-40(22)23-11-13-38(14-12-23)17-21-7-9-24(10-8-21)42-29(30,31)32/h7-10,15,19,22-23H,5-6,11-14,16-18H2,1-4H3,(H,33,37)/t19-,22+/m1/s1. The fourth-order valence-corrected chi connectivity index (χ4v) is 6.04. The third-order valence-electron chi connectivity index (χ3n) is 8.11. The Morgan fingerprint density at radius 1 is 1.07 bits per heavy atom. The molecule has 0 amide bonds. The van der Waals surface area contributed by atoms with Crippen LogP contribution in [0.25, 0.3) is 11.6 Å². The third-order valence-corrected chi connectivity index (χ3v) is 8.11. The van der Waals surface area contributed by atoms with Gasteiger partial charge in [-0.05, 0) is 70.8 Å². The lowest BCUT2D eigenvalue weighted by molar-refractivity contribution is -0.274. The minimum absolute atomic E-state index is 0.189. The van der Waals surface area contributed by atoms with E-state index in [0.717, 1.165) is 62.5 Å². The molecule has 5 rings (SSSR count). The molecule has 2 aromatic heterocycles. The minimum atomic E-state index is -4.67. The maximum absolute atomic E-state index is 12.4. The number of rotatable bonds is 9. The Balaban J connectivity index is 1.17. The Labute approximate surface area is 244 Å². The Kier molecular flexibility index (Phi) is 9.16. The number of nitrogens with zero attached hydrogens (tertiary/aromatic N) is 7. The predicted molar refractivity (Wildman–Crippen MR) is 153 cm³/mol. The average molecular weight is 589 g/mol. The van der Waals surface area contributed by atoms with Crippen LogP contribution in [0.3, 0.4) is 0 Å². The van der Waals surface area contributed by atoms with E-state index in [0.29, 0.717) is 42.8 Å². The smallest absolute Gasteiger partial charge is 0.406 e. The van der Waals surface area contributed by atoms with Crippen LogP contribution in [0.4, 0.5) is 25.0 Å².